The maximum atomic E-state index is 2.57. The number of fused-ring (bicyclic) bond motifs is 12. The molecule has 2 nitrogen and oxygen atoms in total. The highest BCUT2D eigenvalue weighted by molar-refractivity contribution is 6.25. The molecular weight excluding hydrogens is 629 g/mol. The zero-order valence-corrected chi connectivity index (χ0v) is 30.2. The summed E-state index contributed by atoms with van der Waals surface area (Å²) in [5.74, 6) is 0. The van der Waals surface area contributed by atoms with Crippen LogP contribution < -0.4 is 0 Å². The quantitative estimate of drug-likeness (QED) is 0.162. The van der Waals surface area contributed by atoms with Crippen molar-refractivity contribution in [1.29, 1.82) is 0 Å². The molecule has 0 saturated heterocycles. The summed E-state index contributed by atoms with van der Waals surface area (Å²) < 4.78 is 5.04. The number of hydrogen-bond donors (Lipinski definition) is 0. The molecule has 1 aliphatic carbocycles. The van der Waals surface area contributed by atoms with Crippen LogP contribution in [0.4, 0.5) is 0 Å². The van der Waals surface area contributed by atoms with Gasteiger partial charge in [0.2, 0.25) is 0 Å². The van der Waals surface area contributed by atoms with Gasteiger partial charge in [0.15, 0.2) is 0 Å². The molecule has 11 rings (SSSR count). The maximum absolute atomic E-state index is 2.57. The standard InChI is InChI=1S/C50H40N2/c1-49(2)24-25-50(3,4)43-29-45-40(28-42(43)49)39-27-41-47(51(34-14-6-5-7-15-34)44-23-21-32-13-9-11-17-37(32)48(41)44)30-46(39)52(45)35-22-20-33-19-18-31-12-8-10-16-36(31)38(33)26-35/h5-23,26-30H,24-25H2,1-4H3. The normalized spacial score (nSPS) is 15.5. The lowest BCUT2D eigenvalue weighted by molar-refractivity contribution is 0.332. The van der Waals surface area contributed by atoms with Crippen LogP contribution in [0.5, 0.6) is 0 Å². The van der Waals surface area contributed by atoms with Crippen LogP contribution in [0.25, 0.3) is 87.3 Å². The highest BCUT2D eigenvalue weighted by Crippen LogP contribution is 2.49. The third kappa shape index (κ3) is 4.07. The average Bonchev–Trinajstić information content (AvgIpc) is 3.67. The van der Waals surface area contributed by atoms with Crippen LogP contribution in [0, 0.1) is 0 Å². The van der Waals surface area contributed by atoms with Gasteiger partial charge in [-0.2, -0.15) is 0 Å². The molecule has 250 valence electrons. The summed E-state index contributed by atoms with van der Waals surface area (Å²) in [6.07, 6.45) is 2.38. The van der Waals surface area contributed by atoms with Crippen molar-refractivity contribution >= 4 is 75.9 Å². The van der Waals surface area contributed by atoms with Crippen molar-refractivity contribution in [2.45, 2.75) is 51.4 Å². The predicted octanol–water partition coefficient (Wildman–Crippen LogP) is 13.7. The van der Waals surface area contributed by atoms with Crippen LogP contribution in [-0.4, -0.2) is 9.13 Å². The van der Waals surface area contributed by atoms with E-state index in [9.17, 15) is 0 Å². The Morgan fingerprint density at radius 2 is 0.904 bits per heavy atom. The third-order valence-corrected chi connectivity index (χ3v) is 12.5. The monoisotopic (exact) mass is 668 g/mol. The first kappa shape index (κ1) is 29.8. The van der Waals surface area contributed by atoms with Crippen LogP contribution in [0.2, 0.25) is 0 Å². The number of nitrogens with zero attached hydrogens (tertiary/aromatic N) is 2. The largest absolute Gasteiger partial charge is 0.309 e. The van der Waals surface area contributed by atoms with Gasteiger partial charge in [-0.1, -0.05) is 119 Å². The summed E-state index contributed by atoms with van der Waals surface area (Å²) >= 11 is 0. The Bertz CT molecular complexity index is 3110. The van der Waals surface area contributed by atoms with E-state index in [1.54, 1.807) is 0 Å². The van der Waals surface area contributed by atoms with Crippen LogP contribution in [0.15, 0.2) is 146 Å². The molecule has 8 aromatic carbocycles. The molecule has 0 radical (unpaired) electrons. The highest BCUT2D eigenvalue weighted by Gasteiger charge is 2.38. The first-order chi connectivity index (χ1) is 25.3. The van der Waals surface area contributed by atoms with E-state index in [2.05, 4.69) is 182 Å². The van der Waals surface area contributed by atoms with Crippen molar-refractivity contribution in [2.24, 2.45) is 0 Å². The van der Waals surface area contributed by atoms with Crippen molar-refractivity contribution in [3.05, 3.63) is 157 Å². The van der Waals surface area contributed by atoms with Gasteiger partial charge in [0.25, 0.3) is 0 Å². The van der Waals surface area contributed by atoms with Gasteiger partial charge >= 0.3 is 0 Å². The summed E-state index contributed by atoms with van der Waals surface area (Å²) in [6.45, 7) is 9.77. The Hall–Kier alpha value is -5.86. The molecule has 0 amide bonds. The second-order valence-electron chi connectivity index (χ2n) is 16.4. The van der Waals surface area contributed by atoms with Crippen molar-refractivity contribution < 1.29 is 0 Å². The van der Waals surface area contributed by atoms with Gasteiger partial charge in [0, 0.05) is 32.9 Å². The Morgan fingerprint density at radius 1 is 0.365 bits per heavy atom. The first-order valence-corrected chi connectivity index (χ1v) is 18.7. The molecule has 2 heterocycles. The molecule has 52 heavy (non-hydrogen) atoms. The van der Waals surface area contributed by atoms with Crippen LogP contribution in [0.3, 0.4) is 0 Å². The molecule has 0 bridgehead atoms. The Kier molecular flexibility index (Phi) is 5.94. The molecule has 0 unspecified atom stereocenters. The van der Waals surface area contributed by atoms with Gasteiger partial charge in [0.1, 0.15) is 0 Å². The van der Waals surface area contributed by atoms with Crippen molar-refractivity contribution in [1.82, 2.24) is 9.13 Å². The Balaban J connectivity index is 1.34. The fraction of sp³-hybridized carbons (Fsp3) is 0.160. The average molecular weight is 669 g/mol. The lowest BCUT2D eigenvalue weighted by Gasteiger charge is -2.42. The molecule has 10 aromatic rings. The lowest BCUT2D eigenvalue weighted by atomic mass is 9.63. The first-order valence-electron chi connectivity index (χ1n) is 18.7. The molecule has 2 heteroatoms. The number of para-hydroxylation sites is 1. The smallest absolute Gasteiger partial charge is 0.0562 e. The summed E-state index contributed by atoms with van der Waals surface area (Å²) in [5.41, 5.74) is 10.6. The minimum Gasteiger partial charge on any atom is -0.309 e. The van der Waals surface area contributed by atoms with E-state index in [4.69, 9.17) is 0 Å². The number of benzene rings is 8. The molecule has 0 N–H and O–H groups in total. The Morgan fingerprint density at radius 3 is 1.67 bits per heavy atom. The number of rotatable bonds is 2. The fourth-order valence-corrected chi connectivity index (χ4v) is 9.62. The lowest BCUT2D eigenvalue weighted by Crippen LogP contribution is -2.33. The van der Waals surface area contributed by atoms with Gasteiger partial charge in [-0.25, -0.2) is 0 Å². The van der Waals surface area contributed by atoms with E-state index in [0.717, 1.165) is 0 Å². The summed E-state index contributed by atoms with van der Waals surface area (Å²) in [4.78, 5) is 0. The second kappa shape index (κ2) is 10.4. The summed E-state index contributed by atoms with van der Waals surface area (Å²) in [6, 6.07) is 54.8. The molecule has 0 spiro atoms. The van der Waals surface area contributed by atoms with Crippen LogP contribution in [0.1, 0.15) is 51.7 Å². The molecule has 0 saturated carbocycles. The van der Waals surface area contributed by atoms with Crippen molar-refractivity contribution in [3.8, 4) is 11.4 Å². The minimum absolute atomic E-state index is 0.101. The number of hydrogen-bond acceptors (Lipinski definition) is 0. The molecule has 2 aromatic heterocycles. The highest BCUT2D eigenvalue weighted by atomic mass is 15.0. The van der Waals surface area contributed by atoms with Gasteiger partial charge in [-0.15, -0.1) is 0 Å². The predicted molar refractivity (Wildman–Crippen MR) is 223 cm³/mol. The minimum atomic E-state index is 0.101. The van der Waals surface area contributed by atoms with Gasteiger partial charge in [0.05, 0.1) is 22.1 Å². The van der Waals surface area contributed by atoms with Crippen molar-refractivity contribution in [3.63, 3.8) is 0 Å². The van der Waals surface area contributed by atoms with E-state index in [1.165, 1.54) is 111 Å². The zero-order valence-electron chi connectivity index (χ0n) is 30.2. The number of aromatic nitrogens is 2. The molecule has 0 atom stereocenters. The van der Waals surface area contributed by atoms with Gasteiger partial charge in [-0.05, 0) is 122 Å². The van der Waals surface area contributed by atoms with Gasteiger partial charge < -0.3 is 9.13 Å². The third-order valence-electron chi connectivity index (χ3n) is 12.5. The van der Waals surface area contributed by atoms with Gasteiger partial charge in [-0.3, -0.25) is 0 Å². The van der Waals surface area contributed by atoms with Crippen LogP contribution in [-0.2, 0) is 10.8 Å². The van der Waals surface area contributed by atoms with Crippen LogP contribution >= 0.6 is 0 Å². The van der Waals surface area contributed by atoms with E-state index in [-0.39, 0.29) is 10.8 Å². The zero-order chi connectivity index (χ0) is 34.9. The Labute approximate surface area is 303 Å². The maximum Gasteiger partial charge on any atom is 0.0562 e. The van der Waals surface area contributed by atoms with E-state index in [0.29, 0.717) is 0 Å². The van der Waals surface area contributed by atoms with E-state index in [1.807, 2.05) is 0 Å². The van der Waals surface area contributed by atoms with Crippen molar-refractivity contribution in [2.75, 3.05) is 0 Å². The molecule has 1 aliphatic rings. The molecular formula is C50H40N2. The SMILES string of the molecule is CC1(C)CCC(C)(C)c2cc3c(cc21)c1cc2c4c5ccccc5ccc4n(-c4ccccc4)c2cc1n3-c1ccc2ccc3ccccc3c2c1. The summed E-state index contributed by atoms with van der Waals surface area (Å²) in [7, 11) is 0. The topological polar surface area (TPSA) is 9.86 Å². The molecule has 0 fully saturated rings. The van der Waals surface area contributed by atoms with E-state index < -0.39 is 0 Å². The fourth-order valence-electron chi connectivity index (χ4n) is 9.62. The summed E-state index contributed by atoms with van der Waals surface area (Å²) in [5, 5.41) is 12.9. The second-order valence-corrected chi connectivity index (χ2v) is 16.4. The molecule has 0 aliphatic heterocycles. The van der Waals surface area contributed by atoms with E-state index >= 15 is 0 Å².